The maximum absolute atomic E-state index is 13.4. The Morgan fingerprint density at radius 3 is 2.86 bits per heavy atom. The van der Waals surface area contributed by atoms with E-state index in [1.807, 2.05) is 17.7 Å². The number of likely N-dealkylation sites (N-methyl/N-ethyl adjacent to an activating group) is 1. The molecule has 1 fully saturated rings. The van der Waals surface area contributed by atoms with Crippen LogP contribution in [0, 0.1) is 12.7 Å². The zero-order chi connectivity index (χ0) is 24.9. The summed E-state index contributed by atoms with van der Waals surface area (Å²) in [5, 5.41) is 11.3. The molecule has 2 atom stereocenters. The minimum Gasteiger partial charge on any atom is -0.370 e. The van der Waals surface area contributed by atoms with E-state index < -0.39 is 11.7 Å². The van der Waals surface area contributed by atoms with Gasteiger partial charge in [-0.3, -0.25) is 19.2 Å². The van der Waals surface area contributed by atoms with Crippen LogP contribution in [0.25, 0.3) is 0 Å². The molecule has 0 radical (unpaired) electrons. The number of rotatable bonds is 9. The van der Waals surface area contributed by atoms with Crippen LogP contribution in [0.5, 0.6) is 0 Å². The molecule has 0 bridgehead atoms. The topological polar surface area (TPSA) is 106 Å². The predicted octanol–water partition coefficient (Wildman–Crippen LogP) is 2.49. The number of carbonyl (C=O) groups is 2. The second kappa shape index (κ2) is 10.8. The van der Waals surface area contributed by atoms with Gasteiger partial charge in [0.25, 0.3) is 5.91 Å². The number of nitrogens with one attached hydrogen (secondary N) is 1. The van der Waals surface area contributed by atoms with Crippen molar-refractivity contribution in [3.63, 3.8) is 0 Å². The van der Waals surface area contributed by atoms with Crippen molar-refractivity contribution in [3.8, 4) is 0 Å². The summed E-state index contributed by atoms with van der Waals surface area (Å²) < 4.78 is 26.2. The number of nitrogens with zero attached hydrogens (tertiary/aromatic N) is 5. The number of likely N-dealkylation sites (tertiary alicyclic amines) is 1. The molecule has 0 aliphatic carbocycles. The molecule has 11 heteroatoms. The molecule has 1 aromatic carbocycles. The Morgan fingerprint density at radius 2 is 2.14 bits per heavy atom. The zero-order valence-corrected chi connectivity index (χ0v) is 20.0. The molecule has 10 nitrogen and oxygen atoms in total. The molecule has 0 spiro atoms. The fourth-order valence-corrected chi connectivity index (χ4v) is 4.06. The molecular formula is C24H29FN6O4. The highest BCUT2D eigenvalue weighted by Gasteiger charge is 2.34. The first-order valence-electron chi connectivity index (χ1n) is 11.3. The SMILES string of the molecule is Cc1cc(CN2C[C@@H](n3cc(NC(=O)c4cccc(F)c4)cn3)C[C@H]2COCC(=O)N(C)C)no1. The molecule has 3 aromatic rings. The third-order valence-corrected chi connectivity index (χ3v) is 5.90. The number of anilines is 1. The predicted molar refractivity (Wildman–Crippen MR) is 125 cm³/mol. The van der Waals surface area contributed by atoms with Gasteiger partial charge in [0.2, 0.25) is 5.91 Å². The number of carbonyl (C=O) groups excluding carboxylic acids is 2. The van der Waals surface area contributed by atoms with Crippen molar-refractivity contribution in [1.29, 1.82) is 0 Å². The van der Waals surface area contributed by atoms with Crippen molar-refractivity contribution in [3.05, 3.63) is 65.6 Å². The number of ether oxygens (including phenoxy) is 1. The normalized spacial score (nSPS) is 18.1. The van der Waals surface area contributed by atoms with Crippen LogP contribution in [0.2, 0.25) is 0 Å². The Bertz CT molecular complexity index is 1180. The molecule has 2 aromatic heterocycles. The van der Waals surface area contributed by atoms with Crippen LogP contribution in [-0.2, 0) is 16.1 Å². The van der Waals surface area contributed by atoms with Crippen molar-refractivity contribution in [2.75, 3.05) is 39.2 Å². The molecule has 1 aliphatic heterocycles. The molecule has 2 amide bonds. The molecule has 1 saturated heterocycles. The molecule has 0 saturated carbocycles. The first-order valence-corrected chi connectivity index (χ1v) is 11.3. The van der Waals surface area contributed by atoms with E-state index in [-0.39, 0.29) is 30.2 Å². The van der Waals surface area contributed by atoms with Gasteiger partial charge in [-0.05, 0) is 31.5 Å². The maximum Gasteiger partial charge on any atom is 0.255 e. The number of amides is 2. The van der Waals surface area contributed by atoms with E-state index in [0.717, 1.165) is 17.9 Å². The summed E-state index contributed by atoms with van der Waals surface area (Å²) in [6.07, 6.45) is 4.08. The first kappa shape index (κ1) is 24.6. The average molecular weight is 485 g/mol. The summed E-state index contributed by atoms with van der Waals surface area (Å²) in [5.41, 5.74) is 1.58. The maximum atomic E-state index is 13.4. The Hall–Kier alpha value is -3.57. The van der Waals surface area contributed by atoms with E-state index in [2.05, 4.69) is 20.5 Å². The Balaban J connectivity index is 1.41. The first-order chi connectivity index (χ1) is 16.8. The Labute approximate surface area is 202 Å². The van der Waals surface area contributed by atoms with Crippen LogP contribution in [0.3, 0.4) is 0 Å². The minimum absolute atomic E-state index is 0.0170. The fraction of sp³-hybridized carbons (Fsp3) is 0.417. The summed E-state index contributed by atoms with van der Waals surface area (Å²) in [4.78, 5) is 28.1. The van der Waals surface area contributed by atoms with Gasteiger partial charge in [0.15, 0.2) is 0 Å². The summed E-state index contributed by atoms with van der Waals surface area (Å²) in [7, 11) is 3.39. The van der Waals surface area contributed by atoms with Crippen LogP contribution in [-0.4, -0.2) is 76.4 Å². The highest BCUT2D eigenvalue weighted by molar-refractivity contribution is 6.04. The standard InChI is InChI=1S/C24H29FN6O4/c1-16-7-19(28-35-16)11-30-13-21(9-22(30)14-34-15-23(32)29(2)3)31-12-20(10-26-31)27-24(33)17-5-4-6-18(25)8-17/h4-8,10,12,21-22H,9,11,13-15H2,1-3H3,(H,27,33)/t21-,22-/m0/s1. The molecule has 186 valence electrons. The van der Waals surface area contributed by atoms with Crippen molar-refractivity contribution in [2.24, 2.45) is 0 Å². The smallest absolute Gasteiger partial charge is 0.255 e. The lowest BCUT2D eigenvalue weighted by Crippen LogP contribution is -2.34. The minimum atomic E-state index is -0.470. The van der Waals surface area contributed by atoms with Crippen LogP contribution in [0.1, 0.15) is 34.3 Å². The van der Waals surface area contributed by atoms with Crippen LogP contribution < -0.4 is 5.32 Å². The van der Waals surface area contributed by atoms with E-state index in [1.54, 1.807) is 32.6 Å². The number of hydrogen-bond acceptors (Lipinski definition) is 7. The van der Waals surface area contributed by atoms with Gasteiger partial charge in [0.1, 0.15) is 18.2 Å². The van der Waals surface area contributed by atoms with Gasteiger partial charge in [0.05, 0.1) is 30.2 Å². The van der Waals surface area contributed by atoms with E-state index in [0.29, 0.717) is 25.4 Å². The largest absolute Gasteiger partial charge is 0.370 e. The third kappa shape index (κ3) is 6.31. The molecule has 1 aliphatic rings. The number of aromatic nitrogens is 3. The second-order valence-corrected chi connectivity index (χ2v) is 8.88. The van der Waals surface area contributed by atoms with Gasteiger partial charge < -0.3 is 19.5 Å². The Kier molecular flexibility index (Phi) is 7.57. The third-order valence-electron chi connectivity index (χ3n) is 5.90. The van der Waals surface area contributed by atoms with Gasteiger partial charge in [-0.25, -0.2) is 4.39 Å². The quantitative estimate of drug-likeness (QED) is 0.497. The monoisotopic (exact) mass is 484 g/mol. The van der Waals surface area contributed by atoms with Crippen LogP contribution in [0.15, 0.2) is 47.2 Å². The molecular weight excluding hydrogens is 455 g/mol. The number of aryl methyl sites for hydroxylation is 1. The lowest BCUT2D eigenvalue weighted by molar-refractivity contribution is -0.134. The van der Waals surface area contributed by atoms with E-state index in [4.69, 9.17) is 9.26 Å². The number of halogens is 1. The van der Waals surface area contributed by atoms with E-state index in [1.165, 1.54) is 23.1 Å². The van der Waals surface area contributed by atoms with Crippen molar-refractivity contribution in [1.82, 2.24) is 24.7 Å². The Morgan fingerprint density at radius 1 is 1.31 bits per heavy atom. The summed E-state index contributed by atoms with van der Waals surface area (Å²) in [5.74, 6) is -0.229. The lowest BCUT2D eigenvalue weighted by Gasteiger charge is -2.23. The van der Waals surface area contributed by atoms with Gasteiger partial charge >= 0.3 is 0 Å². The summed E-state index contributed by atoms with van der Waals surface area (Å²) in [6.45, 7) is 3.51. The zero-order valence-electron chi connectivity index (χ0n) is 20.0. The van der Waals surface area contributed by atoms with E-state index >= 15 is 0 Å². The van der Waals surface area contributed by atoms with Crippen LogP contribution in [0.4, 0.5) is 10.1 Å². The van der Waals surface area contributed by atoms with Gasteiger partial charge in [-0.2, -0.15) is 5.10 Å². The summed E-state index contributed by atoms with van der Waals surface area (Å²) in [6, 6.07) is 7.49. The number of benzene rings is 1. The number of hydrogen-bond donors (Lipinski definition) is 1. The van der Waals surface area contributed by atoms with Crippen molar-refractivity contribution < 1.29 is 23.2 Å². The van der Waals surface area contributed by atoms with Crippen molar-refractivity contribution >= 4 is 17.5 Å². The average Bonchev–Trinajstić information content (AvgIpc) is 3.54. The van der Waals surface area contributed by atoms with E-state index in [9.17, 15) is 14.0 Å². The molecule has 1 N–H and O–H groups in total. The molecule has 4 rings (SSSR count). The molecule has 0 unspecified atom stereocenters. The fourth-order valence-electron chi connectivity index (χ4n) is 4.06. The van der Waals surface area contributed by atoms with Gasteiger partial charge in [-0.1, -0.05) is 11.2 Å². The van der Waals surface area contributed by atoms with Crippen LogP contribution >= 0.6 is 0 Å². The molecule has 35 heavy (non-hydrogen) atoms. The van der Waals surface area contributed by atoms with Crippen molar-refractivity contribution in [2.45, 2.75) is 32.0 Å². The second-order valence-electron chi connectivity index (χ2n) is 8.88. The van der Waals surface area contributed by atoms with Gasteiger partial charge in [0, 0.05) is 51.1 Å². The highest BCUT2D eigenvalue weighted by atomic mass is 19.1. The summed E-state index contributed by atoms with van der Waals surface area (Å²) >= 11 is 0. The molecule has 3 heterocycles. The highest BCUT2D eigenvalue weighted by Crippen LogP contribution is 2.29. The lowest BCUT2D eigenvalue weighted by atomic mass is 10.2. The van der Waals surface area contributed by atoms with Gasteiger partial charge in [-0.15, -0.1) is 0 Å².